The van der Waals surface area contributed by atoms with Crippen LogP contribution in [0.25, 0.3) is 11.1 Å². The summed E-state index contributed by atoms with van der Waals surface area (Å²) in [5.74, 6) is 0.0265. The zero-order chi connectivity index (χ0) is 12.6. The molecule has 0 aliphatic carbocycles. The van der Waals surface area contributed by atoms with E-state index in [0.717, 1.165) is 5.69 Å². The number of hydrogen-bond acceptors (Lipinski definition) is 2. The van der Waals surface area contributed by atoms with E-state index in [2.05, 4.69) is 10.2 Å². The molecule has 2 aromatic rings. The number of rotatable bonds is 2. The van der Waals surface area contributed by atoms with Crippen molar-refractivity contribution < 1.29 is 4.39 Å². The Morgan fingerprint density at radius 3 is 2.65 bits per heavy atom. The largest absolute Gasteiger partial charge is 0.382 e. The van der Waals surface area contributed by atoms with E-state index in [1.54, 1.807) is 12.1 Å². The van der Waals surface area contributed by atoms with E-state index in [4.69, 9.17) is 17.3 Å². The minimum Gasteiger partial charge on any atom is -0.382 e. The van der Waals surface area contributed by atoms with Gasteiger partial charge in [-0.25, -0.2) is 4.39 Å². The molecule has 3 N–H and O–H groups in total. The van der Waals surface area contributed by atoms with E-state index in [1.165, 1.54) is 6.07 Å². The number of halogens is 2. The number of aromatic amines is 1. The Bertz CT molecular complexity index is 528. The van der Waals surface area contributed by atoms with E-state index in [0.29, 0.717) is 16.1 Å². The van der Waals surface area contributed by atoms with Gasteiger partial charge in [-0.05, 0) is 18.1 Å². The van der Waals surface area contributed by atoms with Gasteiger partial charge in [0.15, 0.2) is 5.82 Å². The number of hydrogen-bond donors (Lipinski definition) is 2. The summed E-state index contributed by atoms with van der Waals surface area (Å²) in [5.41, 5.74) is 7.44. The Kier molecular flexibility index (Phi) is 3.07. The summed E-state index contributed by atoms with van der Waals surface area (Å²) >= 11 is 6.03. The highest BCUT2D eigenvalue weighted by Crippen LogP contribution is 2.38. The number of nitrogen functional groups attached to an aromatic ring is 1. The zero-order valence-electron chi connectivity index (χ0n) is 9.59. The number of nitrogens with one attached hydrogen (secondary N) is 1. The van der Waals surface area contributed by atoms with Crippen LogP contribution in [0.4, 0.5) is 10.2 Å². The summed E-state index contributed by atoms with van der Waals surface area (Å²) < 4.78 is 13.9. The zero-order valence-corrected chi connectivity index (χ0v) is 10.3. The molecule has 0 aliphatic rings. The molecular weight excluding hydrogens is 241 g/mol. The number of aromatic nitrogens is 2. The normalized spacial score (nSPS) is 11.1. The highest BCUT2D eigenvalue weighted by molar-refractivity contribution is 6.33. The fraction of sp³-hybridized carbons (Fsp3) is 0.250. The van der Waals surface area contributed by atoms with Gasteiger partial charge in [0.25, 0.3) is 0 Å². The molecule has 0 unspecified atom stereocenters. The van der Waals surface area contributed by atoms with E-state index in [9.17, 15) is 4.39 Å². The lowest BCUT2D eigenvalue weighted by atomic mass is 9.99. The fourth-order valence-corrected chi connectivity index (χ4v) is 2.04. The molecule has 1 heterocycles. The Balaban J connectivity index is 2.72. The summed E-state index contributed by atoms with van der Waals surface area (Å²) in [7, 11) is 0. The first kappa shape index (κ1) is 11.9. The molecule has 0 bridgehead atoms. The fourth-order valence-electron chi connectivity index (χ4n) is 1.79. The van der Waals surface area contributed by atoms with Gasteiger partial charge >= 0.3 is 0 Å². The maximum Gasteiger partial charge on any atom is 0.153 e. The Morgan fingerprint density at radius 2 is 2.06 bits per heavy atom. The van der Waals surface area contributed by atoms with Crippen LogP contribution >= 0.6 is 11.6 Å². The molecule has 0 amide bonds. The van der Waals surface area contributed by atoms with Gasteiger partial charge in [-0.3, -0.25) is 5.10 Å². The van der Waals surface area contributed by atoms with Crippen molar-refractivity contribution in [2.45, 2.75) is 19.8 Å². The lowest BCUT2D eigenvalue weighted by molar-refractivity contribution is 0.631. The van der Waals surface area contributed by atoms with E-state index >= 15 is 0 Å². The Morgan fingerprint density at radius 1 is 1.35 bits per heavy atom. The van der Waals surface area contributed by atoms with Gasteiger partial charge in [0, 0.05) is 11.3 Å². The first-order valence-electron chi connectivity index (χ1n) is 5.30. The molecule has 2 rings (SSSR count). The predicted molar refractivity (Wildman–Crippen MR) is 67.5 cm³/mol. The van der Waals surface area contributed by atoms with Gasteiger partial charge in [-0.1, -0.05) is 31.5 Å². The van der Waals surface area contributed by atoms with Gasteiger partial charge in [-0.2, -0.15) is 5.10 Å². The molecule has 17 heavy (non-hydrogen) atoms. The lowest BCUT2D eigenvalue weighted by Gasteiger charge is -2.09. The number of anilines is 1. The van der Waals surface area contributed by atoms with Gasteiger partial charge < -0.3 is 5.73 Å². The summed E-state index contributed by atoms with van der Waals surface area (Å²) in [4.78, 5) is 0. The van der Waals surface area contributed by atoms with Gasteiger partial charge in [0.1, 0.15) is 5.82 Å². The minimum atomic E-state index is -0.396. The second-order valence-electron chi connectivity index (χ2n) is 4.15. The average molecular weight is 254 g/mol. The van der Waals surface area contributed by atoms with Crippen molar-refractivity contribution in [3.63, 3.8) is 0 Å². The van der Waals surface area contributed by atoms with Crippen molar-refractivity contribution in [1.82, 2.24) is 10.2 Å². The monoisotopic (exact) mass is 253 g/mol. The van der Waals surface area contributed by atoms with Crippen molar-refractivity contribution in [3.05, 3.63) is 34.7 Å². The van der Waals surface area contributed by atoms with Crippen LogP contribution in [0.1, 0.15) is 25.5 Å². The first-order valence-corrected chi connectivity index (χ1v) is 5.68. The maximum absolute atomic E-state index is 13.9. The van der Waals surface area contributed by atoms with E-state index in [-0.39, 0.29) is 11.7 Å². The molecule has 0 aliphatic heterocycles. The number of H-pyrrole nitrogens is 1. The molecule has 1 aromatic carbocycles. The number of nitrogens with two attached hydrogens (primary N) is 1. The number of nitrogens with zero attached hydrogens (tertiary/aromatic N) is 1. The summed E-state index contributed by atoms with van der Waals surface area (Å²) in [5, 5.41) is 7.08. The molecule has 5 heteroatoms. The Labute approximate surface area is 104 Å². The maximum atomic E-state index is 13.9. The second-order valence-corrected chi connectivity index (χ2v) is 4.56. The van der Waals surface area contributed by atoms with Crippen molar-refractivity contribution in [2.24, 2.45) is 0 Å². The van der Waals surface area contributed by atoms with Crippen LogP contribution in [-0.2, 0) is 0 Å². The van der Waals surface area contributed by atoms with Crippen LogP contribution < -0.4 is 5.73 Å². The highest BCUT2D eigenvalue weighted by atomic mass is 35.5. The van der Waals surface area contributed by atoms with Crippen molar-refractivity contribution >= 4 is 17.4 Å². The van der Waals surface area contributed by atoms with Crippen LogP contribution in [0.15, 0.2) is 18.2 Å². The topological polar surface area (TPSA) is 54.7 Å². The van der Waals surface area contributed by atoms with Gasteiger partial charge in [0.05, 0.1) is 10.6 Å². The third-order valence-electron chi connectivity index (χ3n) is 2.61. The van der Waals surface area contributed by atoms with Crippen molar-refractivity contribution in [2.75, 3.05) is 5.73 Å². The molecule has 0 atom stereocenters. The van der Waals surface area contributed by atoms with Crippen LogP contribution in [-0.4, -0.2) is 10.2 Å². The van der Waals surface area contributed by atoms with Crippen LogP contribution in [0.5, 0.6) is 0 Å². The third kappa shape index (κ3) is 2.00. The van der Waals surface area contributed by atoms with Crippen LogP contribution in [0.2, 0.25) is 5.02 Å². The molecule has 0 saturated heterocycles. The summed E-state index contributed by atoms with van der Waals surface area (Å²) in [6, 6.07) is 4.56. The summed E-state index contributed by atoms with van der Waals surface area (Å²) in [6.07, 6.45) is 0. The molecule has 0 saturated carbocycles. The molecular formula is C12H13ClFN3. The van der Waals surface area contributed by atoms with Crippen molar-refractivity contribution in [1.29, 1.82) is 0 Å². The standard InChI is InChI=1S/C12H13ClFN3/c1-6(2)11-10(12(15)17-16-11)9-7(13)4-3-5-8(9)14/h3-6H,1-2H3,(H3,15,16,17). The molecule has 90 valence electrons. The molecule has 0 spiro atoms. The van der Waals surface area contributed by atoms with E-state index in [1.807, 2.05) is 13.8 Å². The molecule has 0 fully saturated rings. The lowest BCUT2D eigenvalue weighted by Crippen LogP contribution is -1.96. The number of benzene rings is 1. The SMILES string of the molecule is CC(C)c1[nH]nc(N)c1-c1c(F)cccc1Cl. The molecule has 1 aromatic heterocycles. The quantitative estimate of drug-likeness (QED) is 0.860. The smallest absolute Gasteiger partial charge is 0.153 e. The molecule has 3 nitrogen and oxygen atoms in total. The highest BCUT2D eigenvalue weighted by Gasteiger charge is 2.20. The first-order chi connectivity index (χ1) is 8.02. The third-order valence-corrected chi connectivity index (χ3v) is 2.93. The predicted octanol–water partition coefficient (Wildman–Crippen LogP) is 3.57. The van der Waals surface area contributed by atoms with Crippen molar-refractivity contribution in [3.8, 4) is 11.1 Å². The van der Waals surface area contributed by atoms with Gasteiger partial charge in [0.2, 0.25) is 0 Å². The van der Waals surface area contributed by atoms with Crippen LogP contribution in [0.3, 0.4) is 0 Å². The minimum absolute atomic E-state index is 0.158. The summed E-state index contributed by atoms with van der Waals surface area (Å²) in [6.45, 7) is 3.95. The van der Waals surface area contributed by atoms with E-state index < -0.39 is 5.82 Å². The Hall–Kier alpha value is -1.55. The van der Waals surface area contributed by atoms with Crippen LogP contribution in [0, 0.1) is 5.82 Å². The van der Waals surface area contributed by atoms with Gasteiger partial charge in [-0.15, -0.1) is 0 Å². The molecule has 0 radical (unpaired) electrons. The second kappa shape index (κ2) is 4.37. The average Bonchev–Trinajstić information content (AvgIpc) is 2.61.